The van der Waals surface area contributed by atoms with Gasteiger partial charge in [0.05, 0.1) is 6.42 Å². The summed E-state index contributed by atoms with van der Waals surface area (Å²) in [6.07, 6.45) is 5.62. The van der Waals surface area contributed by atoms with Crippen molar-refractivity contribution >= 4 is 28.9 Å². The Hall–Kier alpha value is -4.59. The second-order valence-corrected chi connectivity index (χ2v) is 12.4. The highest BCUT2D eigenvalue weighted by Crippen LogP contribution is 2.27. The Bertz CT molecular complexity index is 1570. The van der Waals surface area contributed by atoms with Gasteiger partial charge >= 0.3 is 12.1 Å². The van der Waals surface area contributed by atoms with Crippen LogP contribution in [0.2, 0.25) is 0 Å². The predicted octanol–water partition coefficient (Wildman–Crippen LogP) is 6.64. The standard InChI is InChI=1S/C37H43N3O5/c1-26-13-9-12-20-33(26)45-36(43)40-37(2,23-29-24-38-32-19-11-10-18-31(29)32)35(42)39-30(21-27-14-5-3-6-15-27)22-34(41)44-25-28-16-7-4-8-17-28/h3-8,10-11,14-19,24,26,30,33,38H,9,12-13,20-23,25H2,1-2H3,(H,39,42)(H,40,43)/t26-,30-,33-,37+/m1/s1. The van der Waals surface area contributed by atoms with Crippen LogP contribution in [0, 0.1) is 5.92 Å². The average molecular weight is 610 g/mol. The van der Waals surface area contributed by atoms with Gasteiger partial charge in [-0.05, 0) is 61.3 Å². The second kappa shape index (κ2) is 14.9. The fourth-order valence-corrected chi connectivity index (χ4v) is 6.11. The predicted molar refractivity (Wildman–Crippen MR) is 174 cm³/mol. The van der Waals surface area contributed by atoms with Crippen molar-refractivity contribution in [3.8, 4) is 0 Å². The van der Waals surface area contributed by atoms with E-state index in [1.807, 2.05) is 91.1 Å². The summed E-state index contributed by atoms with van der Waals surface area (Å²) >= 11 is 0. The number of ether oxygens (including phenoxy) is 2. The van der Waals surface area contributed by atoms with E-state index in [0.29, 0.717) is 6.42 Å². The van der Waals surface area contributed by atoms with E-state index in [-0.39, 0.29) is 31.5 Å². The largest absolute Gasteiger partial charge is 0.461 e. The summed E-state index contributed by atoms with van der Waals surface area (Å²) in [5.41, 5.74) is 2.31. The van der Waals surface area contributed by atoms with E-state index in [2.05, 4.69) is 22.5 Å². The van der Waals surface area contributed by atoms with Crippen LogP contribution in [0.3, 0.4) is 0 Å². The van der Waals surface area contributed by atoms with Gasteiger partial charge in [0.25, 0.3) is 0 Å². The first-order chi connectivity index (χ1) is 21.8. The number of carbonyl (C=O) groups excluding carboxylic acids is 3. The molecule has 1 aliphatic rings. The van der Waals surface area contributed by atoms with Crippen molar-refractivity contribution in [3.63, 3.8) is 0 Å². The molecule has 1 fully saturated rings. The van der Waals surface area contributed by atoms with Crippen molar-refractivity contribution in [1.82, 2.24) is 15.6 Å². The van der Waals surface area contributed by atoms with Gasteiger partial charge in [-0.1, -0.05) is 92.2 Å². The summed E-state index contributed by atoms with van der Waals surface area (Å²) in [4.78, 5) is 43.9. The molecule has 4 aromatic rings. The number of H-pyrrole nitrogens is 1. The Morgan fingerprint density at radius 3 is 2.31 bits per heavy atom. The minimum absolute atomic E-state index is 0.0271. The van der Waals surface area contributed by atoms with Crippen LogP contribution in [0.1, 0.15) is 62.6 Å². The summed E-state index contributed by atoms with van der Waals surface area (Å²) in [6, 6.07) is 26.4. The molecule has 5 rings (SSSR count). The Labute approximate surface area is 264 Å². The first-order valence-electron chi connectivity index (χ1n) is 15.9. The number of aromatic nitrogens is 1. The maximum atomic E-state index is 14.2. The number of benzene rings is 3. The molecular weight excluding hydrogens is 566 g/mol. The normalized spacial score (nSPS) is 18.4. The smallest absolute Gasteiger partial charge is 0.408 e. The molecule has 8 heteroatoms. The quantitative estimate of drug-likeness (QED) is 0.156. The fraction of sp³-hybridized carbons (Fsp3) is 0.378. The first kappa shape index (κ1) is 31.8. The molecule has 3 N–H and O–H groups in total. The molecule has 8 nitrogen and oxygen atoms in total. The number of hydrogen-bond donors (Lipinski definition) is 3. The van der Waals surface area contributed by atoms with Gasteiger partial charge in [-0.15, -0.1) is 0 Å². The molecule has 1 saturated carbocycles. The van der Waals surface area contributed by atoms with Crippen molar-refractivity contribution in [1.29, 1.82) is 0 Å². The Morgan fingerprint density at radius 2 is 1.58 bits per heavy atom. The molecule has 0 aliphatic heterocycles. The summed E-state index contributed by atoms with van der Waals surface area (Å²) < 4.78 is 11.5. The van der Waals surface area contributed by atoms with Crippen molar-refractivity contribution in [2.24, 2.45) is 5.92 Å². The number of rotatable bonds is 12. The number of para-hydroxylation sites is 1. The molecule has 1 aliphatic carbocycles. The van der Waals surface area contributed by atoms with Crippen LogP contribution in [-0.4, -0.2) is 40.6 Å². The highest BCUT2D eigenvalue weighted by molar-refractivity contribution is 5.92. The highest BCUT2D eigenvalue weighted by atomic mass is 16.6. The number of hydrogen-bond acceptors (Lipinski definition) is 5. The van der Waals surface area contributed by atoms with Gasteiger partial charge in [0, 0.05) is 29.6 Å². The van der Waals surface area contributed by atoms with Gasteiger partial charge in [0.15, 0.2) is 0 Å². The first-order valence-corrected chi connectivity index (χ1v) is 15.9. The monoisotopic (exact) mass is 609 g/mol. The third-order valence-corrected chi connectivity index (χ3v) is 8.71. The van der Waals surface area contributed by atoms with E-state index in [1.54, 1.807) is 6.92 Å². The SMILES string of the molecule is C[C@@H]1CCCC[C@H]1OC(=O)N[C@@](C)(Cc1c[nH]c2ccccc12)C(=O)N[C@@H](CC(=O)OCc1ccccc1)Cc1ccccc1. The molecule has 2 amide bonds. The van der Waals surface area contributed by atoms with E-state index in [1.165, 1.54) is 0 Å². The van der Waals surface area contributed by atoms with Crippen LogP contribution in [0.5, 0.6) is 0 Å². The van der Waals surface area contributed by atoms with Crippen molar-refractivity contribution in [2.45, 2.75) is 83.1 Å². The Balaban J connectivity index is 1.35. The lowest BCUT2D eigenvalue weighted by Crippen LogP contribution is -2.60. The lowest BCUT2D eigenvalue weighted by atomic mass is 9.88. The molecule has 1 heterocycles. The Morgan fingerprint density at radius 1 is 0.911 bits per heavy atom. The van der Waals surface area contributed by atoms with Crippen LogP contribution in [-0.2, 0) is 38.5 Å². The fourth-order valence-electron chi connectivity index (χ4n) is 6.11. The van der Waals surface area contributed by atoms with Gasteiger partial charge < -0.3 is 25.1 Å². The van der Waals surface area contributed by atoms with E-state index in [4.69, 9.17) is 9.47 Å². The molecular formula is C37H43N3O5. The minimum atomic E-state index is -1.37. The molecule has 4 atom stereocenters. The van der Waals surface area contributed by atoms with Crippen LogP contribution >= 0.6 is 0 Å². The summed E-state index contributed by atoms with van der Waals surface area (Å²) in [6.45, 7) is 3.96. The number of alkyl carbamates (subject to hydrolysis) is 1. The molecule has 0 spiro atoms. The maximum absolute atomic E-state index is 14.2. The molecule has 1 aromatic heterocycles. The number of fused-ring (bicyclic) bond motifs is 1. The third-order valence-electron chi connectivity index (χ3n) is 8.71. The van der Waals surface area contributed by atoms with Gasteiger partial charge in [-0.2, -0.15) is 0 Å². The van der Waals surface area contributed by atoms with E-state index in [9.17, 15) is 14.4 Å². The van der Waals surface area contributed by atoms with Crippen molar-refractivity contribution < 1.29 is 23.9 Å². The number of esters is 1. The van der Waals surface area contributed by atoms with Gasteiger partial charge in [-0.25, -0.2) is 4.79 Å². The molecule has 45 heavy (non-hydrogen) atoms. The molecule has 0 bridgehead atoms. The lowest BCUT2D eigenvalue weighted by molar-refractivity contribution is -0.145. The molecule has 3 aromatic carbocycles. The summed E-state index contributed by atoms with van der Waals surface area (Å²) in [5, 5.41) is 6.99. The van der Waals surface area contributed by atoms with Gasteiger partial charge in [0.2, 0.25) is 5.91 Å². The highest BCUT2D eigenvalue weighted by Gasteiger charge is 2.39. The molecule has 0 radical (unpaired) electrons. The van der Waals surface area contributed by atoms with E-state index >= 15 is 0 Å². The number of nitrogens with one attached hydrogen (secondary N) is 3. The molecule has 0 unspecified atom stereocenters. The molecule has 236 valence electrons. The van der Waals surface area contributed by atoms with E-state index < -0.39 is 29.6 Å². The summed E-state index contributed by atoms with van der Waals surface area (Å²) in [7, 11) is 0. The van der Waals surface area contributed by atoms with Crippen molar-refractivity contribution in [2.75, 3.05) is 0 Å². The van der Waals surface area contributed by atoms with Crippen LogP contribution in [0.4, 0.5) is 4.79 Å². The minimum Gasteiger partial charge on any atom is -0.461 e. The zero-order chi connectivity index (χ0) is 31.6. The van der Waals surface area contributed by atoms with Crippen molar-refractivity contribution in [3.05, 3.63) is 108 Å². The second-order valence-electron chi connectivity index (χ2n) is 12.4. The van der Waals surface area contributed by atoms with Crippen LogP contribution < -0.4 is 10.6 Å². The number of amides is 2. The molecule has 0 saturated heterocycles. The number of aromatic amines is 1. The van der Waals surface area contributed by atoms with E-state index in [0.717, 1.165) is 53.3 Å². The van der Waals surface area contributed by atoms with Crippen LogP contribution in [0.25, 0.3) is 10.9 Å². The topological polar surface area (TPSA) is 110 Å². The number of carbonyl (C=O) groups is 3. The Kier molecular flexibility index (Phi) is 10.6. The van der Waals surface area contributed by atoms with Crippen LogP contribution in [0.15, 0.2) is 91.1 Å². The lowest BCUT2D eigenvalue weighted by Gasteiger charge is -2.33. The third kappa shape index (κ3) is 8.75. The zero-order valence-electron chi connectivity index (χ0n) is 26.1. The maximum Gasteiger partial charge on any atom is 0.408 e. The van der Waals surface area contributed by atoms with Gasteiger partial charge in [0.1, 0.15) is 18.2 Å². The summed E-state index contributed by atoms with van der Waals surface area (Å²) in [5.74, 6) is -0.564. The zero-order valence-corrected chi connectivity index (χ0v) is 26.1. The van der Waals surface area contributed by atoms with Gasteiger partial charge in [-0.3, -0.25) is 9.59 Å². The average Bonchev–Trinajstić information content (AvgIpc) is 3.44.